The molecule has 1 N–H and O–H groups in total. The van der Waals surface area contributed by atoms with Crippen molar-refractivity contribution in [3.63, 3.8) is 0 Å². The van der Waals surface area contributed by atoms with E-state index >= 15 is 0 Å². The van der Waals surface area contributed by atoms with E-state index in [1.807, 2.05) is 25.1 Å². The second kappa shape index (κ2) is 13.4. The van der Waals surface area contributed by atoms with Crippen LogP contribution in [0.4, 0.5) is 8.78 Å². The van der Waals surface area contributed by atoms with Crippen LogP contribution in [-0.4, -0.2) is 53.6 Å². The first-order valence-corrected chi connectivity index (χ1v) is 11.9. The molecule has 1 fully saturated rings. The monoisotopic (exact) mass is 465 g/mol. The molecule has 1 heterocycles. The maximum absolute atomic E-state index is 14.1. The number of hydrogen-bond donors (Lipinski definition) is 1. The lowest BCUT2D eigenvalue weighted by atomic mass is 9.95. The molecule has 5 nitrogen and oxygen atoms in total. The van der Waals surface area contributed by atoms with E-state index in [9.17, 15) is 23.5 Å². The Labute approximate surface area is 195 Å². The number of ether oxygens (including phenoxy) is 1. The number of amides is 1. The highest BCUT2D eigenvalue weighted by Gasteiger charge is 2.52. The molecule has 0 saturated carbocycles. The largest absolute Gasteiger partial charge is 0.469 e. The molecule has 33 heavy (non-hydrogen) atoms. The van der Waals surface area contributed by atoms with Crippen molar-refractivity contribution in [2.24, 2.45) is 5.92 Å². The zero-order valence-electron chi connectivity index (χ0n) is 19.7. The fourth-order valence-electron chi connectivity index (χ4n) is 4.14. The molecule has 1 aliphatic heterocycles. The van der Waals surface area contributed by atoms with E-state index in [1.165, 1.54) is 17.6 Å². The number of halogens is 2. The first-order chi connectivity index (χ1) is 15.7. The molecule has 1 aliphatic rings. The van der Waals surface area contributed by atoms with Gasteiger partial charge in [-0.3, -0.25) is 9.59 Å². The summed E-state index contributed by atoms with van der Waals surface area (Å²) in [4.78, 5) is 24.5. The minimum absolute atomic E-state index is 0.00848. The van der Waals surface area contributed by atoms with Gasteiger partial charge in [0.1, 0.15) is 0 Å². The minimum atomic E-state index is -3.37. The van der Waals surface area contributed by atoms with Gasteiger partial charge in [0.05, 0.1) is 19.3 Å². The number of nitrogens with zero attached hydrogens (tertiary/aromatic N) is 1. The van der Waals surface area contributed by atoms with Crippen LogP contribution in [-0.2, 0) is 20.7 Å². The number of hydrogen-bond acceptors (Lipinski definition) is 4. The summed E-state index contributed by atoms with van der Waals surface area (Å²) in [6.07, 6.45) is 7.61. The predicted molar refractivity (Wildman–Crippen MR) is 124 cm³/mol. The molecule has 1 aromatic carbocycles. The summed E-state index contributed by atoms with van der Waals surface area (Å²) in [5.41, 5.74) is 1.25. The molecule has 2 rings (SSSR count). The summed E-state index contributed by atoms with van der Waals surface area (Å²) in [6.45, 7) is 2.19. The van der Waals surface area contributed by atoms with Crippen LogP contribution in [0.25, 0.3) is 0 Å². The van der Waals surface area contributed by atoms with Crippen LogP contribution in [0.15, 0.2) is 42.5 Å². The van der Waals surface area contributed by atoms with Gasteiger partial charge >= 0.3 is 11.9 Å². The van der Waals surface area contributed by atoms with E-state index in [4.69, 9.17) is 0 Å². The van der Waals surface area contributed by atoms with Gasteiger partial charge in [-0.25, -0.2) is 0 Å². The molecule has 184 valence electrons. The number of carbonyl (C=O) groups is 2. The van der Waals surface area contributed by atoms with Crippen molar-refractivity contribution in [2.45, 2.75) is 82.8 Å². The summed E-state index contributed by atoms with van der Waals surface area (Å²) in [7, 11) is 1.34. The zero-order chi connectivity index (χ0) is 24.3. The van der Waals surface area contributed by atoms with E-state index < -0.39 is 30.4 Å². The van der Waals surface area contributed by atoms with E-state index in [-0.39, 0.29) is 18.4 Å². The van der Waals surface area contributed by atoms with Crippen molar-refractivity contribution < 1.29 is 28.2 Å². The highest BCUT2D eigenvalue weighted by Crippen LogP contribution is 2.34. The SMILES string of the molecule is COC(=O)CCCCCCN1C(=O)C(F)(F)C[C@@H]1C=C[C@H](O)[C@@H](C)CCCc1ccccc1. The smallest absolute Gasteiger partial charge is 0.327 e. The minimum Gasteiger partial charge on any atom is -0.469 e. The topological polar surface area (TPSA) is 66.8 Å². The number of aryl methyl sites for hydroxylation is 1. The number of benzene rings is 1. The molecule has 0 spiro atoms. The molecule has 0 aliphatic carbocycles. The lowest BCUT2D eigenvalue weighted by molar-refractivity contribution is -0.148. The van der Waals surface area contributed by atoms with Crippen molar-refractivity contribution in [2.75, 3.05) is 13.7 Å². The van der Waals surface area contributed by atoms with Gasteiger partial charge in [-0.05, 0) is 43.6 Å². The third-order valence-corrected chi connectivity index (χ3v) is 6.28. The van der Waals surface area contributed by atoms with Gasteiger partial charge < -0.3 is 14.7 Å². The Morgan fingerprint density at radius 2 is 1.91 bits per heavy atom. The Balaban J connectivity index is 1.79. The van der Waals surface area contributed by atoms with Crippen LogP contribution >= 0.6 is 0 Å². The maximum atomic E-state index is 14.1. The van der Waals surface area contributed by atoms with Gasteiger partial charge in [-0.15, -0.1) is 0 Å². The van der Waals surface area contributed by atoms with Crippen LogP contribution < -0.4 is 0 Å². The first kappa shape index (κ1) is 27.0. The van der Waals surface area contributed by atoms with Crippen molar-refractivity contribution >= 4 is 11.9 Å². The second-order valence-electron chi connectivity index (χ2n) is 8.95. The number of methoxy groups -OCH3 is 1. The second-order valence-corrected chi connectivity index (χ2v) is 8.95. The lowest BCUT2D eigenvalue weighted by Crippen LogP contribution is -2.36. The number of esters is 1. The number of carbonyl (C=O) groups excluding carboxylic acids is 2. The molecular formula is C26H37F2NO4. The average Bonchev–Trinajstić information content (AvgIpc) is 3.02. The summed E-state index contributed by atoms with van der Waals surface area (Å²) in [5, 5.41) is 10.5. The van der Waals surface area contributed by atoms with E-state index in [2.05, 4.69) is 16.9 Å². The van der Waals surface area contributed by atoms with Gasteiger partial charge in [0.25, 0.3) is 5.91 Å². The highest BCUT2D eigenvalue weighted by atomic mass is 19.3. The van der Waals surface area contributed by atoms with Crippen LogP contribution in [0, 0.1) is 5.92 Å². The molecule has 7 heteroatoms. The van der Waals surface area contributed by atoms with Crippen molar-refractivity contribution in [3.05, 3.63) is 48.0 Å². The Morgan fingerprint density at radius 1 is 1.21 bits per heavy atom. The Hall–Kier alpha value is -2.28. The van der Waals surface area contributed by atoms with Gasteiger partial charge in [0, 0.05) is 19.4 Å². The summed E-state index contributed by atoms with van der Waals surface area (Å²) in [6, 6.07) is 9.42. The van der Waals surface area contributed by atoms with Crippen LogP contribution in [0.2, 0.25) is 0 Å². The maximum Gasteiger partial charge on any atom is 0.327 e. The highest BCUT2D eigenvalue weighted by molar-refractivity contribution is 5.86. The Bertz CT molecular complexity index is 769. The molecule has 1 aromatic rings. The number of unbranched alkanes of at least 4 members (excludes halogenated alkanes) is 3. The summed E-state index contributed by atoms with van der Waals surface area (Å²) in [5.74, 6) is -4.78. The summed E-state index contributed by atoms with van der Waals surface area (Å²) >= 11 is 0. The molecule has 0 aromatic heterocycles. The van der Waals surface area contributed by atoms with Crippen molar-refractivity contribution in [1.82, 2.24) is 4.90 Å². The quantitative estimate of drug-likeness (QED) is 0.241. The van der Waals surface area contributed by atoms with Crippen molar-refractivity contribution in [3.8, 4) is 0 Å². The molecular weight excluding hydrogens is 428 g/mol. The van der Waals surface area contributed by atoms with Crippen LogP contribution in [0.3, 0.4) is 0 Å². The normalized spacial score (nSPS) is 19.7. The lowest BCUT2D eigenvalue weighted by Gasteiger charge is -2.22. The predicted octanol–water partition coefficient (Wildman–Crippen LogP) is 4.92. The van der Waals surface area contributed by atoms with Gasteiger partial charge in [-0.2, -0.15) is 8.78 Å². The van der Waals surface area contributed by atoms with Crippen LogP contribution in [0.5, 0.6) is 0 Å². The standard InChI is InChI=1S/C26H37F2NO4/c1-20(11-10-14-21-12-6-5-7-13-21)23(30)17-16-22-19-26(27,28)25(32)29(22)18-9-4-3-8-15-24(31)33-2/h5-7,12-13,16-17,20,22-23,30H,3-4,8-11,14-15,18-19H2,1-2H3/t20-,22-,23-/m0/s1. The number of alkyl halides is 2. The Morgan fingerprint density at radius 3 is 2.61 bits per heavy atom. The van der Waals surface area contributed by atoms with Crippen molar-refractivity contribution in [1.29, 1.82) is 0 Å². The first-order valence-electron chi connectivity index (χ1n) is 11.9. The Kier molecular flexibility index (Phi) is 11.0. The van der Waals surface area contributed by atoms with Gasteiger partial charge in [-0.1, -0.05) is 62.2 Å². The zero-order valence-corrected chi connectivity index (χ0v) is 19.7. The molecule has 0 bridgehead atoms. The number of aliphatic hydroxyl groups is 1. The number of likely N-dealkylation sites (tertiary alicyclic amines) is 1. The third-order valence-electron chi connectivity index (χ3n) is 6.28. The van der Waals surface area contributed by atoms with Gasteiger partial charge in [0.15, 0.2) is 0 Å². The molecule has 0 radical (unpaired) electrons. The van der Waals surface area contributed by atoms with Gasteiger partial charge in [0.2, 0.25) is 0 Å². The van der Waals surface area contributed by atoms with Crippen LogP contribution in [0.1, 0.15) is 63.9 Å². The fourth-order valence-corrected chi connectivity index (χ4v) is 4.14. The average molecular weight is 466 g/mol. The molecule has 3 atom stereocenters. The summed E-state index contributed by atoms with van der Waals surface area (Å²) < 4.78 is 32.7. The molecule has 1 saturated heterocycles. The number of aliphatic hydroxyl groups excluding tert-OH is 1. The molecule has 1 amide bonds. The third kappa shape index (κ3) is 8.88. The number of rotatable bonds is 14. The van der Waals surface area contributed by atoms with E-state index in [0.29, 0.717) is 19.3 Å². The molecule has 0 unspecified atom stereocenters. The van der Waals surface area contributed by atoms with E-state index in [1.54, 1.807) is 12.2 Å². The fraction of sp³-hybridized carbons (Fsp3) is 0.615. The van der Waals surface area contributed by atoms with E-state index in [0.717, 1.165) is 32.1 Å².